The number of likely N-dealkylation sites (tertiary alicyclic amines) is 1. The Hall–Kier alpha value is -3.74. The third-order valence-corrected chi connectivity index (χ3v) is 5.73. The first-order valence-corrected chi connectivity index (χ1v) is 9.73. The number of rotatable bonds is 2. The SMILES string of the molecule is O=C1N[C@H]2CCN(C(=O)c3ccc4ccccc4c3)[C@@H]2C(=O)N1c1ccc(F)cc1. The van der Waals surface area contributed by atoms with Crippen molar-refractivity contribution in [1.82, 2.24) is 10.2 Å². The number of urea groups is 1. The van der Waals surface area contributed by atoms with E-state index in [-0.39, 0.29) is 11.6 Å². The molecule has 0 aromatic heterocycles. The molecule has 2 aliphatic heterocycles. The Labute approximate surface area is 171 Å². The molecule has 0 spiro atoms. The molecule has 2 atom stereocenters. The summed E-state index contributed by atoms with van der Waals surface area (Å²) < 4.78 is 13.3. The molecule has 30 heavy (non-hydrogen) atoms. The van der Waals surface area contributed by atoms with E-state index in [1.165, 1.54) is 29.2 Å². The molecule has 2 aliphatic rings. The number of halogens is 1. The Bertz CT molecular complexity index is 1180. The van der Waals surface area contributed by atoms with E-state index in [1.54, 1.807) is 6.07 Å². The van der Waals surface area contributed by atoms with Crippen LogP contribution in [0.4, 0.5) is 14.9 Å². The van der Waals surface area contributed by atoms with Crippen LogP contribution >= 0.6 is 0 Å². The highest BCUT2D eigenvalue weighted by Crippen LogP contribution is 2.29. The number of carbonyl (C=O) groups excluding carboxylic acids is 3. The van der Waals surface area contributed by atoms with E-state index in [0.717, 1.165) is 15.7 Å². The monoisotopic (exact) mass is 403 g/mol. The molecule has 2 heterocycles. The minimum absolute atomic E-state index is 0.253. The Morgan fingerprint density at radius 3 is 2.47 bits per heavy atom. The molecule has 0 saturated carbocycles. The maximum Gasteiger partial charge on any atom is 0.329 e. The number of nitrogens with one attached hydrogen (secondary N) is 1. The second kappa shape index (κ2) is 6.95. The van der Waals surface area contributed by atoms with Crippen molar-refractivity contribution >= 4 is 34.3 Å². The van der Waals surface area contributed by atoms with Crippen LogP contribution < -0.4 is 10.2 Å². The van der Waals surface area contributed by atoms with Crippen LogP contribution in [0.15, 0.2) is 66.7 Å². The molecule has 150 valence electrons. The van der Waals surface area contributed by atoms with Gasteiger partial charge in [-0.15, -0.1) is 0 Å². The van der Waals surface area contributed by atoms with Crippen molar-refractivity contribution in [3.63, 3.8) is 0 Å². The molecular formula is C23H18FN3O3. The molecule has 7 heteroatoms. The van der Waals surface area contributed by atoms with Crippen molar-refractivity contribution in [3.8, 4) is 0 Å². The number of benzene rings is 3. The van der Waals surface area contributed by atoms with Gasteiger partial charge in [-0.05, 0) is 53.6 Å². The summed E-state index contributed by atoms with van der Waals surface area (Å²) in [5.41, 5.74) is 0.759. The average molecular weight is 403 g/mol. The summed E-state index contributed by atoms with van der Waals surface area (Å²) in [6.07, 6.45) is 0.499. The van der Waals surface area contributed by atoms with Crippen LogP contribution in [0.3, 0.4) is 0 Å². The predicted molar refractivity (Wildman–Crippen MR) is 110 cm³/mol. The third kappa shape index (κ3) is 2.90. The highest BCUT2D eigenvalue weighted by Gasteiger charge is 2.50. The van der Waals surface area contributed by atoms with Crippen LogP contribution in [-0.4, -0.2) is 41.4 Å². The molecule has 1 N–H and O–H groups in total. The molecule has 2 fully saturated rings. The first-order chi connectivity index (χ1) is 14.5. The fraction of sp³-hybridized carbons (Fsp3) is 0.174. The molecule has 2 saturated heterocycles. The maximum absolute atomic E-state index is 13.3. The van der Waals surface area contributed by atoms with Gasteiger partial charge >= 0.3 is 6.03 Å². The summed E-state index contributed by atoms with van der Waals surface area (Å²) in [6, 6.07) is 16.5. The maximum atomic E-state index is 13.3. The van der Waals surface area contributed by atoms with Crippen molar-refractivity contribution in [2.24, 2.45) is 0 Å². The van der Waals surface area contributed by atoms with Crippen LogP contribution in [0, 0.1) is 5.82 Å². The van der Waals surface area contributed by atoms with E-state index in [0.29, 0.717) is 18.5 Å². The number of imide groups is 1. The van der Waals surface area contributed by atoms with Crippen molar-refractivity contribution in [3.05, 3.63) is 78.1 Å². The zero-order chi connectivity index (χ0) is 20.8. The second-order valence-corrected chi connectivity index (χ2v) is 7.50. The van der Waals surface area contributed by atoms with Gasteiger partial charge in [0, 0.05) is 12.1 Å². The lowest BCUT2D eigenvalue weighted by Crippen LogP contribution is -2.65. The molecule has 5 rings (SSSR count). The van der Waals surface area contributed by atoms with Crippen LogP contribution in [-0.2, 0) is 4.79 Å². The zero-order valence-corrected chi connectivity index (χ0v) is 15.9. The Balaban J connectivity index is 1.47. The van der Waals surface area contributed by atoms with Gasteiger partial charge in [0.1, 0.15) is 11.9 Å². The van der Waals surface area contributed by atoms with Gasteiger partial charge in [-0.2, -0.15) is 0 Å². The van der Waals surface area contributed by atoms with Gasteiger partial charge in [0.15, 0.2) is 0 Å². The molecule has 0 aliphatic carbocycles. The lowest BCUT2D eigenvalue weighted by atomic mass is 10.0. The van der Waals surface area contributed by atoms with Gasteiger partial charge in [-0.1, -0.05) is 30.3 Å². The van der Waals surface area contributed by atoms with E-state index in [2.05, 4.69) is 5.32 Å². The van der Waals surface area contributed by atoms with E-state index < -0.39 is 29.8 Å². The second-order valence-electron chi connectivity index (χ2n) is 7.50. The standard InChI is InChI=1S/C23H18FN3O3/c24-17-7-9-18(10-8-17)27-22(29)20-19(25-23(27)30)11-12-26(20)21(28)16-6-5-14-3-1-2-4-15(14)13-16/h1-10,13,19-20H,11-12H2,(H,25,30)/t19-,20-/m0/s1. The first-order valence-electron chi connectivity index (χ1n) is 9.73. The molecular weight excluding hydrogens is 385 g/mol. The van der Waals surface area contributed by atoms with Gasteiger partial charge < -0.3 is 10.2 Å². The van der Waals surface area contributed by atoms with Crippen molar-refractivity contribution < 1.29 is 18.8 Å². The van der Waals surface area contributed by atoms with Gasteiger partial charge in [0.2, 0.25) is 0 Å². The molecule has 3 aromatic rings. The molecule has 0 radical (unpaired) electrons. The minimum Gasteiger partial charge on any atom is -0.332 e. The predicted octanol–water partition coefficient (Wildman–Crippen LogP) is 3.32. The van der Waals surface area contributed by atoms with E-state index in [4.69, 9.17) is 0 Å². The largest absolute Gasteiger partial charge is 0.332 e. The summed E-state index contributed by atoms with van der Waals surface area (Å²) in [7, 11) is 0. The van der Waals surface area contributed by atoms with Gasteiger partial charge in [-0.25, -0.2) is 14.1 Å². The van der Waals surface area contributed by atoms with Crippen LogP contribution in [0.25, 0.3) is 10.8 Å². The van der Waals surface area contributed by atoms with E-state index in [9.17, 15) is 18.8 Å². The number of nitrogens with zero attached hydrogens (tertiary/aromatic N) is 2. The summed E-state index contributed by atoms with van der Waals surface area (Å²) >= 11 is 0. The normalized spacial score (nSPS) is 21.0. The Kier molecular flexibility index (Phi) is 4.24. The number of anilines is 1. The summed E-state index contributed by atoms with van der Waals surface area (Å²) in [5.74, 6) is -1.20. The Morgan fingerprint density at radius 2 is 1.70 bits per heavy atom. The minimum atomic E-state index is -0.799. The van der Waals surface area contributed by atoms with Crippen molar-refractivity contribution in [2.45, 2.75) is 18.5 Å². The van der Waals surface area contributed by atoms with Gasteiger partial charge in [0.25, 0.3) is 11.8 Å². The average Bonchev–Trinajstić information content (AvgIpc) is 3.18. The van der Waals surface area contributed by atoms with Gasteiger partial charge in [0.05, 0.1) is 11.7 Å². The van der Waals surface area contributed by atoms with E-state index in [1.807, 2.05) is 36.4 Å². The topological polar surface area (TPSA) is 69.7 Å². The van der Waals surface area contributed by atoms with Crippen molar-refractivity contribution in [1.29, 1.82) is 0 Å². The summed E-state index contributed by atoms with van der Waals surface area (Å²) in [5, 5.41) is 4.78. The fourth-order valence-electron chi connectivity index (χ4n) is 4.26. The van der Waals surface area contributed by atoms with Gasteiger partial charge in [-0.3, -0.25) is 9.59 Å². The smallest absolute Gasteiger partial charge is 0.329 e. The number of hydrogen-bond donors (Lipinski definition) is 1. The molecule has 3 aromatic carbocycles. The third-order valence-electron chi connectivity index (χ3n) is 5.73. The molecule has 4 amide bonds. The highest BCUT2D eigenvalue weighted by atomic mass is 19.1. The lowest BCUT2D eigenvalue weighted by molar-refractivity contribution is -0.122. The molecule has 0 bridgehead atoms. The summed E-state index contributed by atoms with van der Waals surface area (Å²) in [4.78, 5) is 41.5. The van der Waals surface area contributed by atoms with Crippen LogP contribution in [0.1, 0.15) is 16.8 Å². The Morgan fingerprint density at radius 1 is 0.967 bits per heavy atom. The van der Waals surface area contributed by atoms with Crippen LogP contribution in [0.5, 0.6) is 0 Å². The van der Waals surface area contributed by atoms with Crippen LogP contribution in [0.2, 0.25) is 0 Å². The number of amides is 4. The zero-order valence-electron chi connectivity index (χ0n) is 15.9. The summed E-state index contributed by atoms with van der Waals surface area (Å²) in [6.45, 7) is 0.365. The fourth-order valence-corrected chi connectivity index (χ4v) is 4.26. The molecule has 6 nitrogen and oxygen atoms in total. The number of fused-ring (bicyclic) bond motifs is 2. The number of carbonyl (C=O) groups is 3. The molecule has 0 unspecified atom stereocenters. The first kappa shape index (κ1) is 18.3. The lowest BCUT2D eigenvalue weighted by Gasteiger charge is -2.36. The van der Waals surface area contributed by atoms with Crippen molar-refractivity contribution in [2.75, 3.05) is 11.4 Å². The quantitative estimate of drug-likeness (QED) is 0.714. The van der Waals surface area contributed by atoms with E-state index >= 15 is 0 Å². The highest BCUT2D eigenvalue weighted by molar-refractivity contribution is 6.19. The number of hydrogen-bond acceptors (Lipinski definition) is 3.